The van der Waals surface area contributed by atoms with Crippen molar-refractivity contribution in [2.75, 3.05) is 18.0 Å². The lowest BCUT2D eigenvalue weighted by Crippen LogP contribution is -2.37. The molecule has 0 aliphatic carbocycles. The lowest BCUT2D eigenvalue weighted by Gasteiger charge is -2.37. The SMILES string of the molecule is Cc1nc(-c2nnc(-c3ccccc3)o2)nn1Cc1ccnc(N2CCC(C)(C)CC2)c1. The van der Waals surface area contributed by atoms with Crippen molar-refractivity contribution in [2.45, 2.75) is 40.2 Å². The molecule has 0 saturated carbocycles. The van der Waals surface area contributed by atoms with Gasteiger partial charge in [0.2, 0.25) is 11.7 Å². The van der Waals surface area contributed by atoms with Crippen LogP contribution in [0.2, 0.25) is 0 Å². The van der Waals surface area contributed by atoms with Crippen molar-refractivity contribution in [2.24, 2.45) is 5.41 Å². The van der Waals surface area contributed by atoms with Gasteiger partial charge in [-0.2, -0.15) is 0 Å². The maximum absolute atomic E-state index is 5.81. The predicted molar refractivity (Wildman–Crippen MR) is 122 cm³/mol. The number of nitrogens with zero attached hydrogens (tertiary/aromatic N) is 7. The lowest BCUT2D eigenvalue weighted by molar-refractivity contribution is 0.279. The van der Waals surface area contributed by atoms with Crippen molar-refractivity contribution >= 4 is 5.82 Å². The molecule has 5 rings (SSSR count). The van der Waals surface area contributed by atoms with E-state index in [0.717, 1.165) is 35.9 Å². The monoisotopic (exact) mass is 429 g/mol. The van der Waals surface area contributed by atoms with E-state index in [9.17, 15) is 0 Å². The first-order valence-electron chi connectivity index (χ1n) is 11.0. The highest BCUT2D eigenvalue weighted by Gasteiger charge is 2.26. The Hall–Kier alpha value is -3.55. The summed E-state index contributed by atoms with van der Waals surface area (Å²) in [5, 5.41) is 12.9. The molecule has 1 aromatic carbocycles. The number of anilines is 1. The standard InChI is InChI=1S/C24H27N7O/c1-17-26-21(23-28-27-22(32-23)19-7-5-4-6-8-19)29-31(17)16-18-9-12-25-20(15-18)30-13-10-24(2,3)11-14-30/h4-9,12,15H,10-11,13-14,16H2,1-3H3. The van der Waals surface area contributed by atoms with Crippen LogP contribution in [-0.4, -0.2) is 43.0 Å². The highest BCUT2D eigenvalue weighted by molar-refractivity contribution is 5.54. The fraction of sp³-hybridized carbons (Fsp3) is 0.375. The summed E-state index contributed by atoms with van der Waals surface area (Å²) in [6.07, 6.45) is 4.24. The molecular formula is C24H27N7O. The van der Waals surface area contributed by atoms with Crippen molar-refractivity contribution in [3.05, 3.63) is 60.0 Å². The molecule has 1 fully saturated rings. The van der Waals surface area contributed by atoms with Gasteiger partial charge in [0.05, 0.1) is 6.54 Å². The zero-order valence-electron chi connectivity index (χ0n) is 18.7. The summed E-state index contributed by atoms with van der Waals surface area (Å²) < 4.78 is 7.67. The van der Waals surface area contributed by atoms with Crippen molar-refractivity contribution in [3.8, 4) is 23.2 Å². The van der Waals surface area contributed by atoms with Gasteiger partial charge in [-0.25, -0.2) is 14.6 Å². The number of aromatic nitrogens is 6. The summed E-state index contributed by atoms with van der Waals surface area (Å²) in [5.41, 5.74) is 2.42. The van der Waals surface area contributed by atoms with E-state index in [1.165, 1.54) is 12.8 Å². The van der Waals surface area contributed by atoms with Crippen LogP contribution in [0.3, 0.4) is 0 Å². The number of aryl methyl sites for hydroxylation is 1. The maximum Gasteiger partial charge on any atom is 0.287 e. The van der Waals surface area contributed by atoms with Gasteiger partial charge in [0.25, 0.3) is 5.89 Å². The van der Waals surface area contributed by atoms with E-state index in [1.807, 2.05) is 54.2 Å². The Morgan fingerprint density at radius 3 is 2.53 bits per heavy atom. The molecule has 0 spiro atoms. The van der Waals surface area contributed by atoms with Crippen molar-refractivity contribution in [1.82, 2.24) is 29.9 Å². The molecule has 4 heterocycles. The van der Waals surface area contributed by atoms with Gasteiger partial charge in [0.15, 0.2) is 0 Å². The third-order valence-corrected chi connectivity index (χ3v) is 6.08. The first kappa shape index (κ1) is 20.4. The largest absolute Gasteiger partial charge is 0.413 e. The summed E-state index contributed by atoms with van der Waals surface area (Å²) in [7, 11) is 0. The molecule has 1 aliphatic heterocycles. The van der Waals surface area contributed by atoms with Crippen LogP contribution < -0.4 is 4.90 Å². The molecule has 0 bridgehead atoms. The first-order chi connectivity index (χ1) is 15.5. The fourth-order valence-corrected chi connectivity index (χ4v) is 3.92. The van der Waals surface area contributed by atoms with Crippen LogP contribution in [0.5, 0.6) is 0 Å². The molecule has 0 unspecified atom stereocenters. The smallest absolute Gasteiger partial charge is 0.287 e. The Morgan fingerprint density at radius 1 is 1.00 bits per heavy atom. The van der Waals surface area contributed by atoms with E-state index in [4.69, 9.17) is 4.42 Å². The Labute approximate surface area is 187 Å². The van der Waals surface area contributed by atoms with Gasteiger partial charge in [0, 0.05) is 24.8 Å². The van der Waals surface area contributed by atoms with Gasteiger partial charge < -0.3 is 9.32 Å². The molecule has 0 N–H and O–H groups in total. The third kappa shape index (κ3) is 4.26. The molecule has 0 radical (unpaired) electrons. The molecular weight excluding hydrogens is 402 g/mol. The van der Waals surface area contributed by atoms with Crippen molar-refractivity contribution < 1.29 is 4.42 Å². The van der Waals surface area contributed by atoms with E-state index in [1.54, 1.807) is 0 Å². The Bertz CT molecular complexity index is 1200. The molecule has 164 valence electrons. The zero-order valence-corrected chi connectivity index (χ0v) is 18.7. The fourth-order valence-electron chi connectivity index (χ4n) is 3.92. The average molecular weight is 430 g/mol. The number of piperidine rings is 1. The highest BCUT2D eigenvalue weighted by atomic mass is 16.4. The zero-order chi connectivity index (χ0) is 22.1. The van der Waals surface area contributed by atoms with Gasteiger partial charge in [-0.1, -0.05) is 32.0 Å². The van der Waals surface area contributed by atoms with Gasteiger partial charge in [0.1, 0.15) is 11.6 Å². The number of hydrogen-bond acceptors (Lipinski definition) is 7. The second kappa shape index (κ2) is 8.18. The molecule has 1 aliphatic rings. The minimum Gasteiger partial charge on any atom is -0.413 e. The van der Waals surface area contributed by atoms with Crippen LogP contribution in [0.1, 0.15) is 38.1 Å². The third-order valence-electron chi connectivity index (χ3n) is 6.08. The summed E-state index contributed by atoms with van der Waals surface area (Å²) >= 11 is 0. The maximum atomic E-state index is 5.81. The molecule has 1 saturated heterocycles. The lowest BCUT2D eigenvalue weighted by atomic mass is 9.83. The normalized spacial score (nSPS) is 15.8. The summed E-state index contributed by atoms with van der Waals surface area (Å²) in [5.74, 6) is 3.03. The molecule has 0 atom stereocenters. The predicted octanol–water partition coefficient (Wildman–Crippen LogP) is 4.37. The quantitative estimate of drug-likeness (QED) is 0.465. The van der Waals surface area contributed by atoms with Crippen LogP contribution in [0.25, 0.3) is 23.2 Å². The van der Waals surface area contributed by atoms with Crippen LogP contribution in [-0.2, 0) is 6.54 Å². The number of benzene rings is 1. The molecule has 8 nitrogen and oxygen atoms in total. The van der Waals surface area contributed by atoms with Gasteiger partial charge >= 0.3 is 0 Å². The number of rotatable bonds is 5. The van der Waals surface area contributed by atoms with Crippen LogP contribution >= 0.6 is 0 Å². The summed E-state index contributed by atoms with van der Waals surface area (Å²) in [6.45, 7) is 9.29. The minimum atomic E-state index is 0.317. The number of pyridine rings is 1. The first-order valence-corrected chi connectivity index (χ1v) is 11.0. The van der Waals surface area contributed by atoms with Crippen molar-refractivity contribution in [1.29, 1.82) is 0 Å². The Kier molecular flexibility index (Phi) is 5.20. The molecule has 4 aromatic rings. The van der Waals surface area contributed by atoms with E-state index in [-0.39, 0.29) is 0 Å². The topological polar surface area (TPSA) is 85.8 Å². The van der Waals surface area contributed by atoms with Gasteiger partial charge in [-0.3, -0.25) is 0 Å². The second-order valence-electron chi connectivity index (χ2n) is 9.09. The minimum absolute atomic E-state index is 0.317. The van der Waals surface area contributed by atoms with E-state index in [2.05, 4.69) is 50.1 Å². The second-order valence-corrected chi connectivity index (χ2v) is 9.09. The van der Waals surface area contributed by atoms with Crippen LogP contribution in [0.15, 0.2) is 53.1 Å². The summed E-state index contributed by atoms with van der Waals surface area (Å²) in [6, 6.07) is 13.9. The van der Waals surface area contributed by atoms with Crippen LogP contribution in [0, 0.1) is 12.3 Å². The Balaban J connectivity index is 1.33. The van der Waals surface area contributed by atoms with Gasteiger partial charge in [-0.05, 0) is 55.0 Å². The number of hydrogen-bond donors (Lipinski definition) is 0. The molecule has 0 amide bonds. The van der Waals surface area contributed by atoms with E-state index >= 15 is 0 Å². The Morgan fingerprint density at radius 2 is 1.75 bits per heavy atom. The van der Waals surface area contributed by atoms with Crippen LogP contribution in [0.4, 0.5) is 5.82 Å². The van der Waals surface area contributed by atoms with E-state index in [0.29, 0.717) is 29.6 Å². The molecule has 3 aromatic heterocycles. The van der Waals surface area contributed by atoms with Gasteiger partial charge in [-0.15, -0.1) is 15.3 Å². The van der Waals surface area contributed by atoms with Crippen molar-refractivity contribution in [3.63, 3.8) is 0 Å². The molecule has 8 heteroatoms. The molecule has 32 heavy (non-hydrogen) atoms. The summed E-state index contributed by atoms with van der Waals surface area (Å²) in [4.78, 5) is 11.5. The highest BCUT2D eigenvalue weighted by Crippen LogP contribution is 2.31. The average Bonchev–Trinajstić information content (AvgIpc) is 3.42. The van der Waals surface area contributed by atoms with E-state index < -0.39 is 0 Å².